The maximum absolute atomic E-state index is 14.1. The van der Waals surface area contributed by atoms with Gasteiger partial charge in [-0.3, -0.25) is 0 Å². The number of hydrogen-bond acceptors (Lipinski definition) is 3. The van der Waals surface area contributed by atoms with Crippen molar-refractivity contribution in [3.63, 3.8) is 0 Å². The van der Waals surface area contributed by atoms with Gasteiger partial charge >= 0.3 is 226 Å². The molecule has 0 atom stereocenters. The monoisotopic (exact) mass is 611 g/mol. The van der Waals surface area contributed by atoms with Gasteiger partial charge < -0.3 is 0 Å². The van der Waals surface area contributed by atoms with E-state index in [1.807, 2.05) is 54.6 Å². The summed E-state index contributed by atoms with van der Waals surface area (Å²) >= 11 is 0. The van der Waals surface area contributed by atoms with Gasteiger partial charge in [0.05, 0.1) is 0 Å². The van der Waals surface area contributed by atoms with Gasteiger partial charge in [-0.25, -0.2) is 0 Å². The molecule has 0 heterocycles. The first-order valence-corrected chi connectivity index (χ1v) is 18.5. The van der Waals surface area contributed by atoms with Crippen molar-refractivity contribution in [3.8, 4) is 0 Å². The molecule has 0 aromatic heterocycles. The molecule has 0 bridgehead atoms. The van der Waals surface area contributed by atoms with Gasteiger partial charge in [0.25, 0.3) is 0 Å². The number of carbonyl (C=O) groups excluding carboxylic acids is 1. The molecule has 44 heavy (non-hydrogen) atoms. The van der Waals surface area contributed by atoms with Gasteiger partial charge in [0.1, 0.15) is 0 Å². The van der Waals surface area contributed by atoms with Gasteiger partial charge in [0.15, 0.2) is 0 Å². The van der Waals surface area contributed by atoms with E-state index in [1.54, 1.807) is 0 Å². The molecule has 4 aromatic carbocycles. The van der Waals surface area contributed by atoms with Crippen LogP contribution in [0.2, 0.25) is 0 Å². The van der Waals surface area contributed by atoms with Gasteiger partial charge in [-0.1, -0.05) is 39.0 Å². The van der Waals surface area contributed by atoms with Crippen LogP contribution in [0.3, 0.4) is 0 Å². The zero-order chi connectivity index (χ0) is 31.1. The van der Waals surface area contributed by atoms with Crippen LogP contribution < -0.4 is 21.2 Å². The van der Waals surface area contributed by atoms with E-state index in [4.69, 9.17) is 0 Å². The van der Waals surface area contributed by atoms with Crippen LogP contribution in [-0.2, 0) is 17.6 Å². The molecule has 0 spiro atoms. The molecule has 0 aliphatic rings. The molecule has 3 N–H and O–H groups in total. The minimum absolute atomic E-state index is 0.161. The molecule has 0 unspecified atom stereocenters. The molecule has 4 aromatic rings. The van der Waals surface area contributed by atoms with Crippen LogP contribution >= 0.6 is 7.26 Å². The van der Waals surface area contributed by atoms with E-state index < -0.39 is 12.8 Å². The normalized spacial score (nSPS) is 12.2. The third-order valence-corrected chi connectivity index (χ3v) is 13.8. The Hall–Kier alpha value is -3.30. The van der Waals surface area contributed by atoms with Gasteiger partial charge in [-0.2, -0.15) is 0 Å². The van der Waals surface area contributed by atoms with Crippen molar-refractivity contribution in [2.75, 3.05) is 19.4 Å². The summed E-state index contributed by atoms with van der Waals surface area (Å²) in [5.41, 5.74) is 1.37. The van der Waals surface area contributed by atoms with E-state index in [2.05, 4.69) is 72.9 Å². The average Bonchev–Trinajstić information content (AvgIpc) is 3.09. The molecule has 234 valence electrons. The summed E-state index contributed by atoms with van der Waals surface area (Å²) in [6.45, 7) is 1.58. The number of carbonyl (C=O) groups is 1. The molecule has 4 nitrogen and oxygen atoms in total. The van der Waals surface area contributed by atoms with E-state index in [1.165, 1.54) is 44.1 Å². The zero-order valence-corrected chi connectivity index (χ0v) is 27.3. The Kier molecular flexibility index (Phi) is 13.2. The summed E-state index contributed by atoms with van der Waals surface area (Å²) in [5, 5.41) is 27.6. The summed E-state index contributed by atoms with van der Waals surface area (Å²) in [4.78, 5) is 14.1. The van der Waals surface area contributed by atoms with Gasteiger partial charge in [0.2, 0.25) is 0 Å². The van der Waals surface area contributed by atoms with Crippen molar-refractivity contribution in [1.29, 1.82) is 0 Å². The van der Waals surface area contributed by atoms with Crippen LogP contribution in [0, 0.1) is 0 Å². The molecule has 5 heteroatoms. The second kappa shape index (κ2) is 17.3. The van der Waals surface area contributed by atoms with E-state index >= 15 is 0 Å². The number of aliphatic hydroxyl groups is 2. The SMILES string of the molecule is CCCCCCCCc1ccc(CCC(CO)(CO)NC(=O)C[PH](c2ccccc2)(c2ccccc2)c2ccccc2)cc1. The average molecular weight is 612 g/mol. The third-order valence-electron chi connectivity index (χ3n) is 8.97. The topological polar surface area (TPSA) is 69.6 Å². The van der Waals surface area contributed by atoms with Crippen LogP contribution in [0.1, 0.15) is 63.0 Å². The molecule has 0 aliphatic heterocycles. The fraction of sp³-hybridized carbons (Fsp3) is 0.359. The molecular weight excluding hydrogens is 561 g/mol. The van der Waals surface area contributed by atoms with Crippen molar-refractivity contribution in [1.82, 2.24) is 5.32 Å². The standard InChI is InChI=1S/C39H50NO3P/c1-2-3-4-5-6-10-17-33-24-26-34(27-25-33)28-29-39(31-41,32-42)40-38(43)30-44(35-18-11-7-12-19-35,36-20-13-8-14-21-36)37-22-15-9-16-23-37/h7-9,11-16,18-27,41-42,44H,2-6,10,17,28-32H2,1H3,(H,40,43). The number of aryl methyl sites for hydroxylation is 2. The molecule has 4 rings (SSSR count). The van der Waals surface area contributed by atoms with Gasteiger partial charge in [0, 0.05) is 0 Å². The number of benzene rings is 4. The predicted octanol–water partition coefficient (Wildman–Crippen LogP) is 6.09. The summed E-state index contributed by atoms with van der Waals surface area (Å²) < 4.78 is 0. The first-order chi connectivity index (χ1) is 21.5. The van der Waals surface area contributed by atoms with Crippen molar-refractivity contribution in [3.05, 3.63) is 126 Å². The van der Waals surface area contributed by atoms with E-state index in [0.717, 1.165) is 27.9 Å². The van der Waals surface area contributed by atoms with Crippen LogP contribution in [-0.4, -0.2) is 41.0 Å². The number of hydrogen-bond donors (Lipinski definition) is 3. The summed E-state index contributed by atoms with van der Waals surface area (Å²) in [7, 11) is -2.80. The van der Waals surface area contributed by atoms with Crippen LogP contribution in [0.5, 0.6) is 0 Å². The summed E-state index contributed by atoms with van der Waals surface area (Å²) in [6.07, 6.45) is 10.2. The molecule has 1 amide bonds. The van der Waals surface area contributed by atoms with Crippen LogP contribution in [0.25, 0.3) is 0 Å². The minimum atomic E-state index is -2.80. The summed E-state index contributed by atoms with van der Waals surface area (Å²) in [6, 6.07) is 39.6. The van der Waals surface area contributed by atoms with E-state index in [-0.39, 0.29) is 25.3 Å². The first kappa shape index (κ1) is 33.6. The molecule has 0 aliphatic carbocycles. The Labute approximate surface area is 264 Å². The maximum atomic E-state index is 14.1. The van der Waals surface area contributed by atoms with E-state index in [9.17, 15) is 15.0 Å². The molecular formula is C39H50NO3P. The van der Waals surface area contributed by atoms with Crippen molar-refractivity contribution in [2.45, 2.75) is 70.3 Å². The first-order valence-electron chi connectivity index (χ1n) is 16.3. The quantitative estimate of drug-likeness (QED) is 0.0943. The molecule has 0 radical (unpaired) electrons. The van der Waals surface area contributed by atoms with Crippen molar-refractivity contribution < 1.29 is 15.0 Å². The fourth-order valence-corrected chi connectivity index (χ4v) is 10.7. The Morgan fingerprint density at radius 2 is 1.05 bits per heavy atom. The Balaban J connectivity index is 1.49. The second-order valence-corrected chi connectivity index (χ2v) is 16.1. The molecule has 0 fully saturated rings. The predicted molar refractivity (Wildman–Crippen MR) is 188 cm³/mol. The van der Waals surface area contributed by atoms with Gasteiger partial charge in [-0.15, -0.1) is 0 Å². The van der Waals surface area contributed by atoms with Crippen LogP contribution in [0.15, 0.2) is 115 Å². The Morgan fingerprint density at radius 3 is 1.50 bits per heavy atom. The second-order valence-electron chi connectivity index (χ2n) is 12.2. The molecule has 0 saturated carbocycles. The van der Waals surface area contributed by atoms with Crippen molar-refractivity contribution >= 4 is 29.1 Å². The summed E-state index contributed by atoms with van der Waals surface area (Å²) in [5.74, 6) is -0.161. The van der Waals surface area contributed by atoms with Crippen LogP contribution in [0.4, 0.5) is 0 Å². The molecule has 0 saturated heterocycles. The number of nitrogens with one attached hydrogen (secondary N) is 1. The number of aliphatic hydroxyl groups excluding tert-OH is 2. The zero-order valence-electron chi connectivity index (χ0n) is 26.3. The van der Waals surface area contributed by atoms with E-state index in [0.29, 0.717) is 12.8 Å². The number of amides is 1. The third kappa shape index (κ3) is 8.88. The fourth-order valence-electron chi connectivity index (χ4n) is 6.27. The number of unbranched alkanes of at least 4 members (excludes halogenated alkanes) is 5. The van der Waals surface area contributed by atoms with Crippen molar-refractivity contribution in [2.24, 2.45) is 0 Å². The Bertz CT molecular complexity index is 1280. The number of rotatable bonds is 18. The van der Waals surface area contributed by atoms with Gasteiger partial charge in [-0.05, 0) is 0 Å². The Morgan fingerprint density at radius 1 is 0.614 bits per heavy atom.